The van der Waals surface area contributed by atoms with E-state index in [1.54, 1.807) is 18.2 Å². The van der Waals surface area contributed by atoms with Gasteiger partial charge in [0.15, 0.2) is 0 Å². The Bertz CT molecular complexity index is 517. The molecule has 4 N–H and O–H groups in total. The highest BCUT2D eigenvalue weighted by Gasteiger charge is 2.09. The summed E-state index contributed by atoms with van der Waals surface area (Å²) in [7, 11) is 0. The Kier molecular flexibility index (Phi) is 7.11. The Morgan fingerprint density at radius 2 is 2.05 bits per heavy atom. The number of halogens is 1. The fourth-order valence-corrected chi connectivity index (χ4v) is 1.66. The second-order valence-corrected chi connectivity index (χ2v) is 4.59. The minimum absolute atomic E-state index is 0.319. The number of carbonyl (C=O) groups excluding carboxylic acids is 1. The highest BCUT2D eigenvalue weighted by atomic mass is 19.1. The standard InChI is InChI=1S/C15H19FN2O3/c16-12-6-2-1-5-11(12)8-9-14(19)18-10-4-3-7-13(17)15(20)21/h1-2,5-6,8-9,13H,3-4,7,10,17H2,(H,18,19)(H,20,21)/t13-/m0/s1. The van der Waals surface area contributed by atoms with Crippen molar-refractivity contribution in [3.8, 4) is 0 Å². The van der Waals surface area contributed by atoms with Crippen molar-refractivity contribution in [2.24, 2.45) is 5.73 Å². The molecule has 0 radical (unpaired) electrons. The zero-order valence-electron chi connectivity index (χ0n) is 11.6. The van der Waals surface area contributed by atoms with Crippen molar-refractivity contribution >= 4 is 18.0 Å². The van der Waals surface area contributed by atoms with Gasteiger partial charge < -0.3 is 16.2 Å². The van der Waals surface area contributed by atoms with Crippen LogP contribution in [-0.4, -0.2) is 29.6 Å². The molecule has 0 saturated carbocycles. The first-order chi connectivity index (χ1) is 10.0. The molecule has 0 aliphatic carbocycles. The van der Waals surface area contributed by atoms with Gasteiger partial charge in [-0.05, 0) is 31.4 Å². The number of carboxylic acid groups (broad SMARTS) is 1. The Labute approximate surface area is 122 Å². The zero-order chi connectivity index (χ0) is 15.7. The minimum Gasteiger partial charge on any atom is -0.480 e. The maximum absolute atomic E-state index is 13.3. The van der Waals surface area contributed by atoms with E-state index in [4.69, 9.17) is 10.8 Å². The second kappa shape index (κ2) is 8.86. The van der Waals surface area contributed by atoms with E-state index < -0.39 is 12.0 Å². The molecule has 1 atom stereocenters. The summed E-state index contributed by atoms with van der Waals surface area (Å²) in [5.74, 6) is -1.73. The molecule has 1 aromatic rings. The lowest BCUT2D eigenvalue weighted by Crippen LogP contribution is -2.30. The number of aliphatic carboxylic acids is 1. The van der Waals surface area contributed by atoms with Crippen molar-refractivity contribution in [2.75, 3.05) is 6.54 Å². The molecule has 0 aromatic heterocycles. The highest BCUT2D eigenvalue weighted by Crippen LogP contribution is 2.07. The monoisotopic (exact) mass is 294 g/mol. The van der Waals surface area contributed by atoms with Gasteiger partial charge in [-0.2, -0.15) is 0 Å². The molecule has 6 heteroatoms. The Morgan fingerprint density at radius 1 is 1.33 bits per heavy atom. The van der Waals surface area contributed by atoms with E-state index in [-0.39, 0.29) is 11.7 Å². The summed E-state index contributed by atoms with van der Waals surface area (Å²) in [6.07, 6.45) is 4.30. The van der Waals surface area contributed by atoms with E-state index in [0.717, 1.165) is 0 Å². The predicted molar refractivity (Wildman–Crippen MR) is 77.9 cm³/mol. The number of carbonyl (C=O) groups is 2. The number of rotatable bonds is 8. The van der Waals surface area contributed by atoms with E-state index >= 15 is 0 Å². The SMILES string of the molecule is N[C@@H](CCCCNC(=O)C=Cc1ccccc1F)C(=O)O. The molecule has 5 nitrogen and oxygen atoms in total. The van der Waals surface area contributed by atoms with Crippen LogP contribution in [0.15, 0.2) is 30.3 Å². The lowest BCUT2D eigenvalue weighted by atomic mass is 10.1. The van der Waals surface area contributed by atoms with E-state index in [1.165, 1.54) is 18.2 Å². The molecule has 0 fully saturated rings. The molecule has 0 aliphatic rings. The number of unbranched alkanes of at least 4 members (excludes halogenated alkanes) is 1. The molecule has 114 valence electrons. The number of carboxylic acids is 1. The second-order valence-electron chi connectivity index (χ2n) is 4.59. The van der Waals surface area contributed by atoms with Crippen LogP contribution in [0.5, 0.6) is 0 Å². The summed E-state index contributed by atoms with van der Waals surface area (Å²) in [6, 6.07) is 5.30. The van der Waals surface area contributed by atoms with Crippen molar-refractivity contribution in [2.45, 2.75) is 25.3 Å². The van der Waals surface area contributed by atoms with Gasteiger partial charge in [-0.15, -0.1) is 0 Å². The molecular weight excluding hydrogens is 275 g/mol. The van der Waals surface area contributed by atoms with Crippen LogP contribution in [0.1, 0.15) is 24.8 Å². The number of nitrogens with one attached hydrogen (secondary N) is 1. The van der Waals surface area contributed by atoms with Gasteiger partial charge >= 0.3 is 5.97 Å². The highest BCUT2D eigenvalue weighted by molar-refractivity contribution is 5.91. The summed E-state index contributed by atoms with van der Waals surface area (Å²) >= 11 is 0. The maximum Gasteiger partial charge on any atom is 0.320 e. The normalized spacial score (nSPS) is 12.3. The summed E-state index contributed by atoms with van der Waals surface area (Å²) < 4.78 is 13.3. The van der Waals surface area contributed by atoms with Crippen molar-refractivity contribution in [3.05, 3.63) is 41.7 Å². The Balaban J connectivity index is 2.23. The molecule has 0 unspecified atom stereocenters. The molecule has 1 rings (SSSR count). The van der Waals surface area contributed by atoms with Crippen LogP contribution in [0.25, 0.3) is 6.08 Å². The number of benzene rings is 1. The first-order valence-electron chi connectivity index (χ1n) is 6.69. The summed E-state index contributed by atoms with van der Waals surface area (Å²) in [6.45, 7) is 0.423. The van der Waals surface area contributed by atoms with Gasteiger partial charge in [0.25, 0.3) is 0 Å². The van der Waals surface area contributed by atoms with Crippen molar-refractivity contribution in [3.63, 3.8) is 0 Å². The molecule has 0 saturated heterocycles. The molecule has 1 amide bonds. The summed E-state index contributed by atoms with van der Waals surface area (Å²) in [5, 5.41) is 11.2. The molecule has 0 aliphatic heterocycles. The fraction of sp³-hybridized carbons (Fsp3) is 0.333. The van der Waals surface area contributed by atoms with Gasteiger partial charge in [0.2, 0.25) is 5.91 Å². The van der Waals surface area contributed by atoms with Crippen LogP contribution in [-0.2, 0) is 9.59 Å². The van der Waals surface area contributed by atoms with Gasteiger partial charge in [-0.1, -0.05) is 18.2 Å². The molecule has 0 heterocycles. The number of nitrogens with two attached hydrogens (primary N) is 1. The summed E-state index contributed by atoms with van der Waals surface area (Å²) in [4.78, 5) is 22.0. The number of hydrogen-bond donors (Lipinski definition) is 3. The van der Waals surface area contributed by atoms with E-state index in [1.807, 2.05) is 0 Å². The van der Waals surface area contributed by atoms with Crippen molar-refractivity contribution in [1.29, 1.82) is 0 Å². The van der Waals surface area contributed by atoms with E-state index in [9.17, 15) is 14.0 Å². The quantitative estimate of drug-likeness (QED) is 0.501. The van der Waals surface area contributed by atoms with Gasteiger partial charge in [-0.3, -0.25) is 9.59 Å². The van der Waals surface area contributed by atoms with E-state index in [0.29, 0.717) is 31.4 Å². The van der Waals surface area contributed by atoms with Gasteiger partial charge in [-0.25, -0.2) is 4.39 Å². The first-order valence-corrected chi connectivity index (χ1v) is 6.69. The van der Waals surface area contributed by atoms with E-state index in [2.05, 4.69) is 5.32 Å². The average Bonchev–Trinajstić information content (AvgIpc) is 2.45. The predicted octanol–water partition coefficient (Wildman–Crippen LogP) is 1.54. The third-order valence-corrected chi connectivity index (χ3v) is 2.88. The van der Waals surface area contributed by atoms with Crippen molar-refractivity contribution < 1.29 is 19.1 Å². The van der Waals surface area contributed by atoms with Crippen LogP contribution < -0.4 is 11.1 Å². The third-order valence-electron chi connectivity index (χ3n) is 2.88. The first kappa shape index (κ1) is 16.8. The Morgan fingerprint density at radius 3 is 2.71 bits per heavy atom. The molecule has 0 bridgehead atoms. The fourth-order valence-electron chi connectivity index (χ4n) is 1.66. The van der Waals surface area contributed by atoms with Crippen LogP contribution in [0.4, 0.5) is 4.39 Å². The minimum atomic E-state index is -1.02. The zero-order valence-corrected chi connectivity index (χ0v) is 11.6. The lowest BCUT2D eigenvalue weighted by Gasteiger charge is -2.06. The molecule has 0 spiro atoms. The van der Waals surface area contributed by atoms with Crippen LogP contribution in [0.2, 0.25) is 0 Å². The van der Waals surface area contributed by atoms with Crippen LogP contribution in [0, 0.1) is 5.82 Å². The summed E-state index contributed by atoms with van der Waals surface area (Å²) in [5.41, 5.74) is 5.70. The van der Waals surface area contributed by atoms with Gasteiger partial charge in [0.05, 0.1) is 0 Å². The molecule has 21 heavy (non-hydrogen) atoms. The number of hydrogen-bond acceptors (Lipinski definition) is 3. The van der Waals surface area contributed by atoms with Gasteiger partial charge in [0.1, 0.15) is 11.9 Å². The van der Waals surface area contributed by atoms with Gasteiger partial charge in [0, 0.05) is 18.2 Å². The third kappa shape index (κ3) is 6.67. The van der Waals surface area contributed by atoms with Crippen LogP contribution >= 0.6 is 0 Å². The van der Waals surface area contributed by atoms with Crippen LogP contribution in [0.3, 0.4) is 0 Å². The average molecular weight is 294 g/mol. The smallest absolute Gasteiger partial charge is 0.320 e. The molecular formula is C15H19FN2O3. The Hall–Kier alpha value is -2.21. The maximum atomic E-state index is 13.3. The largest absolute Gasteiger partial charge is 0.480 e. The van der Waals surface area contributed by atoms with Crippen molar-refractivity contribution in [1.82, 2.24) is 5.32 Å². The lowest BCUT2D eigenvalue weighted by molar-refractivity contribution is -0.138. The topological polar surface area (TPSA) is 92.4 Å². The molecule has 1 aromatic carbocycles. The number of amides is 1.